The highest BCUT2D eigenvalue weighted by molar-refractivity contribution is 7.99. The molecule has 0 radical (unpaired) electrons. The number of benzene rings is 8. The summed E-state index contributed by atoms with van der Waals surface area (Å²) in [4.78, 5) is 17.8. The smallest absolute Gasteiger partial charge is 0.164 e. The largest absolute Gasteiger partial charge is 0.208 e. The van der Waals surface area contributed by atoms with Crippen LogP contribution in [-0.2, 0) is 5.41 Å². The molecule has 1 aliphatic heterocycles. The summed E-state index contributed by atoms with van der Waals surface area (Å²) in [5.41, 5.74) is 14.8. The van der Waals surface area contributed by atoms with Crippen molar-refractivity contribution in [3.63, 3.8) is 0 Å². The predicted molar refractivity (Wildman–Crippen MR) is 233 cm³/mol. The standard InChI is InChI=1S/C53H32N4S/c54-33-34-22-24-35(25-23-34)36-26-28-37(29-27-36)41-16-11-19-45-49(41)42-31-30-40(32-46(42)53(45)43-17-7-9-20-47(43)58-48-21-10-8-18-44(48)53)52-56-50(38-12-3-1-4-13-38)55-51(57-52)39-14-5-2-6-15-39/h1-32H. The van der Waals surface area contributed by atoms with Gasteiger partial charge in [-0.25, -0.2) is 15.0 Å². The Hall–Kier alpha value is -7.39. The zero-order chi connectivity index (χ0) is 38.6. The number of hydrogen-bond acceptors (Lipinski definition) is 5. The van der Waals surface area contributed by atoms with Crippen LogP contribution in [0.2, 0.25) is 0 Å². The van der Waals surface area contributed by atoms with E-state index in [-0.39, 0.29) is 0 Å². The minimum Gasteiger partial charge on any atom is -0.208 e. The van der Waals surface area contributed by atoms with E-state index in [1.165, 1.54) is 48.7 Å². The van der Waals surface area contributed by atoms with Gasteiger partial charge in [0.2, 0.25) is 0 Å². The van der Waals surface area contributed by atoms with Crippen LogP contribution in [0.4, 0.5) is 0 Å². The first kappa shape index (κ1) is 33.9. The van der Waals surface area contributed by atoms with Gasteiger partial charge in [-0.3, -0.25) is 0 Å². The van der Waals surface area contributed by atoms with Crippen molar-refractivity contribution in [3.05, 3.63) is 222 Å². The van der Waals surface area contributed by atoms with E-state index in [0.717, 1.165) is 33.4 Å². The Kier molecular flexibility index (Phi) is 7.99. The molecular weight excluding hydrogens is 725 g/mol. The van der Waals surface area contributed by atoms with Crippen LogP contribution in [0, 0.1) is 11.3 Å². The monoisotopic (exact) mass is 756 g/mol. The molecule has 1 aromatic heterocycles. The lowest BCUT2D eigenvalue weighted by Gasteiger charge is -2.39. The van der Waals surface area contributed by atoms with Crippen molar-refractivity contribution in [2.75, 3.05) is 0 Å². The van der Waals surface area contributed by atoms with Gasteiger partial charge in [0.1, 0.15) is 0 Å². The summed E-state index contributed by atoms with van der Waals surface area (Å²) in [6.45, 7) is 0. The maximum atomic E-state index is 9.33. The van der Waals surface area contributed by atoms with Gasteiger partial charge in [0.25, 0.3) is 0 Å². The van der Waals surface area contributed by atoms with Crippen molar-refractivity contribution in [2.45, 2.75) is 15.2 Å². The van der Waals surface area contributed by atoms with Crippen LogP contribution in [0.1, 0.15) is 27.8 Å². The maximum Gasteiger partial charge on any atom is 0.164 e. The van der Waals surface area contributed by atoms with E-state index in [4.69, 9.17) is 15.0 Å². The molecule has 0 fully saturated rings. The Morgan fingerprint density at radius 2 is 0.862 bits per heavy atom. The molecule has 11 rings (SSSR count). The van der Waals surface area contributed by atoms with Crippen LogP contribution in [0.15, 0.2) is 204 Å². The Labute approximate surface area is 341 Å². The molecule has 0 bridgehead atoms. The number of nitriles is 1. The molecule has 1 aliphatic carbocycles. The topological polar surface area (TPSA) is 62.5 Å². The second kappa shape index (κ2) is 13.7. The summed E-state index contributed by atoms with van der Waals surface area (Å²) in [6, 6.07) is 70.5. The molecule has 0 N–H and O–H groups in total. The van der Waals surface area contributed by atoms with Gasteiger partial charge >= 0.3 is 0 Å². The molecule has 0 atom stereocenters. The van der Waals surface area contributed by atoms with Gasteiger partial charge in [0.15, 0.2) is 17.5 Å². The molecule has 9 aromatic rings. The predicted octanol–water partition coefficient (Wildman–Crippen LogP) is 12.9. The first-order chi connectivity index (χ1) is 28.7. The summed E-state index contributed by atoms with van der Waals surface area (Å²) in [5, 5.41) is 9.33. The van der Waals surface area contributed by atoms with Crippen LogP contribution >= 0.6 is 11.8 Å². The van der Waals surface area contributed by atoms with Crippen molar-refractivity contribution >= 4 is 11.8 Å². The highest BCUT2D eigenvalue weighted by Crippen LogP contribution is 2.63. The van der Waals surface area contributed by atoms with Gasteiger partial charge in [-0.15, -0.1) is 0 Å². The van der Waals surface area contributed by atoms with Crippen molar-refractivity contribution in [1.29, 1.82) is 5.26 Å². The number of nitrogens with zero attached hydrogens (tertiary/aromatic N) is 4. The lowest BCUT2D eigenvalue weighted by molar-refractivity contribution is 0.722. The van der Waals surface area contributed by atoms with Crippen LogP contribution < -0.4 is 0 Å². The molecule has 58 heavy (non-hydrogen) atoms. The van der Waals surface area contributed by atoms with Gasteiger partial charge in [-0.05, 0) is 86.0 Å². The molecule has 2 heterocycles. The molecule has 0 saturated heterocycles. The van der Waals surface area contributed by atoms with Gasteiger partial charge in [0, 0.05) is 26.5 Å². The third-order valence-electron chi connectivity index (χ3n) is 11.5. The Morgan fingerprint density at radius 3 is 1.45 bits per heavy atom. The molecule has 270 valence electrons. The molecular formula is C53H32N4S. The van der Waals surface area contributed by atoms with E-state index in [9.17, 15) is 5.26 Å². The summed E-state index contributed by atoms with van der Waals surface area (Å²) < 4.78 is 0. The van der Waals surface area contributed by atoms with Gasteiger partial charge < -0.3 is 0 Å². The SMILES string of the molecule is N#Cc1ccc(-c2ccc(-c3cccc4c3-c3ccc(-c5nc(-c6ccccc6)nc(-c6ccccc6)n5)cc3C43c4ccccc4Sc4ccccc43)cc2)cc1. The van der Waals surface area contributed by atoms with Gasteiger partial charge in [-0.1, -0.05) is 176 Å². The molecule has 0 unspecified atom stereocenters. The summed E-state index contributed by atoms with van der Waals surface area (Å²) >= 11 is 1.84. The molecule has 4 nitrogen and oxygen atoms in total. The lowest BCUT2D eigenvalue weighted by Crippen LogP contribution is -2.32. The molecule has 5 heteroatoms. The fraction of sp³-hybridized carbons (Fsp3) is 0.0189. The third-order valence-corrected chi connectivity index (χ3v) is 12.6. The number of hydrogen-bond donors (Lipinski definition) is 0. The van der Waals surface area contributed by atoms with Crippen LogP contribution in [0.5, 0.6) is 0 Å². The van der Waals surface area contributed by atoms with Crippen molar-refractivity contribution < 1.29 is 0 Å². The first-order valence-corrected chi connectivity index (χ1v) is 20.1. The number of rotatable bonds is 5. The molecule has 2 aliphatic rings. The van der Waals surface area contributed by atoms with E-state index in [1.807, 2.05) is 96.7 Å². The van der Waals surface area contributed by atoms with E-state index in [1.54, 1.807) is 0 Å². The first-order valence-electron chi connectivity index (χ1n) is 19.3. The van der Waals surface area contributed by atoms with Crippen LogP contribution in [0.3, 0.4) is 0 Å². The van der Waals surface area contributed by atoms with Crippen LogP contribution in [0.25, 0.3) is 67.5 Å². The minimum absolute atomic E-state index is 0.588. The Balaban J connectivity index is 1.16. The average Bonchev–Trinajstić information content (AvgIpc) is 3.59. The number of aromatic nitrogens is 3. The number of fused-ring (bicyclic) bond motifs is 9. The molecule has 1 spiro atoms. The Morgan fingerprint density at radius 1 is 0.379 bits per heavy atom. The van der Waals surface area contributed by atoms with E-state index < -0.39 is 5.41 Å². The lowest BCUT2D eigenvalue weighted by atomic mass is 9.67. The maximum absolute atomic E-state index is 9.33. The highest BCUT2D eigenvalue weighted by Gasteiger charge is 2.51. The molecule has 8 aromatic carbocycles. The highest BCUT2D eigenvalue weighted by atomic mass is 32.2. The van der Waals surface area contributed by atoms with E-state index >= 15 is 0 Å². The normalized spacial score (nSPS) is 12.9. The van der Waals surface area contributed by atoms with Gasteiger partial charge in [0.05, 0.1) is 17.0 Å². The zero-order valence-corrected chi connectivity index (χ0v) is 32.0. The van der Waals surface area contributed by atoms with E-state index in [0.29, 0.717) is 23.0 Å². The summed E-state index contributed by atoms with van der Waals surface area (Å²) in [5.74, 6) is 1.91. The zero-order valence-electron chi connectivity index (χ0n) is 31.2. The van der Waals surface area contributed by atoms with Crippen molar-refractivity contribution in [2.24, 2.45) is 0 Å². The molecule has 0 saturated carbocycles. The Bertz CT molecular complexity index is 2980. The fourth-order valence-electron chi connectivity index (χ4n) is 8.84. The minimum atomic E-state index is -0.588. The second-order valence-corrected chi connectivity index (χ2v) is 15.7. The van der Waals surface area contributed by atoms with E-state index in [2.05, 4.69) is 115 Å². The molecule has 0 amide bonds. The van der Waals surface area contributed by atoms with Crippen LogP contribution in [-0.4, -0.2) is 15.0 Å². The third kappa shape index (κ3) is 5.34. The van der Waals surface area contributed by atoms with Crippen molar-refractivity contribution in [3.8, 4) is 73.6 Å². The second-order valence-electron chi connectivity index (χ2n) is 14.6. The average molecular weight is 757 g/mol. The van der Waals surface area contributed by atoms with Gasteiger partial charge in [-0.2, -0.15) is 5.26 Å². The fourth-order valence-corrected chi connectivity index (χ4v) is 10.0. The quantitative estimate of drug-likeness (QED) is 0.175. The van der Waals surface area contributed by atoms with Crippen molar-refractivity contribution in [1.82, 2.24) is 15.0 Å². The summed E-state index contributed by atoms with van der Waals surface area (Å²) in [7, 11) is 0. The summed E-state index contributed by atoms with van der Waals surface area (Å²) in [6.07, 6.45) is 0.